The molecule has 0 aliphatic heterocycles. The molecule has 1 rings (SSSR count). The molecular weight excluding hydrogens is 244 g/mol. The maximum Gasteiger partial charge on any atom is 0.259 e. The van der Waals surface area contributed by atoms with Gasteiger partial charge in [0.15, 0.2) is 18.1 Å². The van der Waals surface area contributed by atoms with Crippen LogP contribution >= 0.6 is 0 Å². The maximum atomic E-state index is 11.5. The Morgan fingerprint density at radius 3 is 2.63 bits per heavy atom. The van der Waals surface area contributed by atoms with Crippen LogP contribution in [0.1, 0.15) is 12.5 Å². The molecule has 1 N–H and O–H groups in total. The number of ether oxygens (including phenoxy) is 2. The van der Waals surface area contributed by atoms with Crippen molar-refractivity contribution in [1.29, 1.82) is 0 Å². The summed E-state index contributed by atoms with van der Waals surface area (Å²) in [7, 11) is 4.98. The third kappa shape index (κ3) is 4.79. The Hall–Kier alpha value is -1.75. The molecule has 0 fully saturated rings. The number of carbonyl (C=O) groups is 1. The highest BCUT2D eigenvalue weighted by atomic mass is 16.5. The molecule has 0 saturated carbocycles. The van der Waals surface area contributed by atoms with Crippen molar-refractivity contribution in [3.63, 3.8) is 0 Å². The summed E-state index contributed by atoms with van der Waals surface area (Å²) in [6.45, 7) is 3.73. The van der Waals surface area contributed by atoms with Crippen molar-refractivity contribution < 1.29 is 14.3 Å². The van der Waals surface area contributed by atoms with Crippen LogP contribution in [0.4, 0.5) is 0 Å². The number of nitrogens with zero attached hydrogens (tertiary/aromatic N) is 1. The molecule has 0 bridgehead atoms. The van der Waals surface area contributed by atoms with Gasteiger partial charge in [0.05, 0.1) is 7.11 Å². The van der Waals surface area contributed by atoms with Gasteiger partial charge in [0.25, 0.3) is 5.91 Å². The molecule has 0 heterocycles. The zero-order chi connectivity index (χ0) is 14.3. The SMILES string of the molecule is CCNCc1ccc(OC)c(OCC(=O)N(C)C)c1. The van der Waals surface area contributed by atoms with Gasteiger partial charge in [-0.05, 0) is 24.2 Å². The third-order valence-corrected chi connectivity index (χ3v) is 2.66. The Labute approximate surface area is 114 Å². The van der Waals surface area contributed by atoms with Gasteiger partial charge in [0.2, 0.25) is 0 Å². The topological polar surface area (TPSA) is 50.8 Å². The molecule has 1 aromatic rings. The van der Waals surface area contributed by atoms with Crippen molar-refractivity contribution in [3.8, 4) is 11.5 Å². The van der Waals surface area contributed by atoms with Crippen molar-refractivity contribution in [2.45, 2.75) is 13.5 Å². The monoisotopic (exact) mass is 266 g/mol. The molecule has 0 aliphatic carbocycles. The van der Waals surface area contributed by atoms with Gasteiger partial charge in [-0.1, -0.05) is 13.0 Å². The number of hydrogen-bond acceptors (Lipinski definition) is 4. The largest absolute Gasteiger partial charge is 0.493 e. The van der Waals surface area contributed by atoms with Gasteiger partial charge in [-0.15, -0.1) is 0 Å². The van der Waals surface area contributed by atoms with Gasteiger partial charge < -0.3 is 19.7 Å². The lowest BCUT2D eigenvalue weighted by atomic mass is 10.2. The summed E-state index contributed by atoms with van der Waals surface area (Å²) in [5.41, 5.74) is 1.09. The Bertz CT molecular complexity index is 419. The zero-order valence-electron chi connectivity index (χ0n) is 12.0. The van der Waals surface area contributed by atoms with Crippen LogP contribution in [0.5, 0.6) is 11.5 Å². The first kappa shape index (κ1) is 15.3. The molecule has 0 saturated heterocycles. The van der Waals surface area contributed by atoms with E-state index in [1.807, 2.05) is 18.2 Å². The minimum Gasteiger partial charge on any atom is -0.493 e. The predicted molar refractivity (Wildman–Crippen MR) is 74.6 cm³/mol. The number of likely N-dealkylation sites (N-methyl/N-ethyl adjacent to an activating group) is 1. The summed E-state index contributed by atoms with van der Waals surface area (Å²) in [6.07, 6.45) is 0. The summed E-state index contributed by atoms with van der Waals surface area (Å²) in [5, 5.41) is 3.24. The Morgan fingerprint density at radius 2 is 2.05 bits per heavy atom. The van der Waals surface area contributed by atoms with Crippen molar-refractivity contribution in [1.82, 2.24) is 10.2 Å². The molecule has 1 amide bonds. The molecule has 0 aromatic heterocycles. The van der Waals surface area contributed by atoms with Crippen molar-refractivity contribution in [3.05, 3.63) is 23.8 Å². The number of methoxy groups -OCH3 is 1. The molecule has 0 unspecified atom stereocenters. The van der Waals surface area contributed by atoms with E-state index in [9.17, 15) is 4.79 Å². The second-order valence-electron chi connectivity index (χ2n) is 4.34. The second-order valence-corrected chi connectivity index (χ2v) is 4.34. The summed E-state index contributed by atoms with van der Waals surface area (Å²) in [4.78, 5) is 13.0. The van der Waals surface area contributed by atoms with Crippen LogP contribution in [0.25, 0.3) is 0 Å². The molecule has 5 nitrogen and oxygen atoms in total. The number of nitrogens with one attached hydrogen (secondary N) is 1. The van der Waals surface area contributed by atoms with E-state index in [0.717, 1.165) is 18.7 Å². The first-order chi connectivity index (χ1) is 9.08. The summed E-state index contributed by atoms with van der Waals surface area (Å²) in [5.74, 6) is 1.14. The average molecular weight is 266 g/mol. The minimum atomic E-state index is -0.0841. The third-order valence-electron chi connectivity index (χ3n) is 2.66. The quantitative estimate of drug-likeness (QED) is 0.807. The fourth-order valence-electron chi connectivity index (χ4n) is 1.48. The number of hydrogen-bond donors (Lipinski definition) is 1. The van der Waals surface area contributed by atoms with Crippen LogP contribution in [-0.4, -0.2) is 45.2 Å². The minimum absolute atomic E-state index is 0.00796. The first-order valence-corrected chi connectivity index (χ1v) is 6.29. The van der Waals surface area contributed by atoms with E-state index in [0.29, 0.717) is 11.5 Å². The smallest absolute Gasteiger partial charge is 0.259 e. The van der Waals surface area contributed by atoms with Crippen LogP contribution in [0.2, 0.25) is 0 Å². The van der Waals surface area contributed by atoms with Crippen LogP contribution in [0.3, 0.4) is 0 Å². The van der Waals surface area contributed by atoms with Gasteiger partial charge in [-0.3, -0.25) is 4.79 Å². The maximum absolute atomic E-state index is 11.5. The van der Waals surface area contributed by atoms with Gasteiger partial charge >= 0.3 is 0 Å². The standard InChI is InChI=1S/C14H22N2O3/c1-5-15-9-11-6-7-12(18-4)13(8-11)19-10-14(17)16(2)3/h6-8,15H,5,9-10H2,1-4H3. The van der Waals surface area contributed by atoms with Gasteiger partial charge in [0, 0.05) is 20.6 Å². The van der Waals surface area contributed by atoms with Gasteiger partial charge in [-0.2, -0.15) is 0 Å². The van der Waals surface area contributed by atoms with E-state index >= 15 is 0 Å². The fraction of sp³-hybridized carbons (Fsp3) is 0.500. The lowest BCUT2D eigenvalue weighted by molar-refractivity contribution is -0.130. The summed E-state index contributed by atoms with van der Waals surface area (Å²) in [6, 6.07) is 5.72. The summed E-state index contributed by atoms with van der Waals surface area (Å²) < 4.78 is 10.8. The van der Waals surface area contributed by atoms with Crippen molar-refractivity contribution in [2.24, 2.45) is 0 Å². The molecule has 0 aliphatic rings. The predicted octanol–water partition coefficient (Wildman–Crippen LogP) is 1.27. The lowest BCUT2D eigenvalue weighted by Crippen LogP contribution is -2.27. The Morgan fingerprint density at radius 1 is 1.32 bits per heavy atom. The lowest BCUT2D eigenvalue weighted by Gasteiger charge is -2.14. The number of carbonyl (C=O) groups excluding carboxylic acids is 1. The first-order valence-electron chi connectivity index (χ1n) is 6.29. The summed E-state index contributed by atoms with van der Waals surface area (Å²) >= 11 is 0. The van der Waals surface area contributed by atoms with E-state index < -0.39 is 0 Å². The van der Waals surface area contributed by atoms with Crippen LogP contribution < -0.4 is 14.8 Å². The normalized spacial score (nSPS) is 10.1. The van der Waals surface area contributed by atoms with E-state index in [1.165, 1.54) is 4.90 Å². The Kier molecular flexibility index (Phi) is 6.15. The molecule has 1 aromatic carbocycles. The molecule has 106 valence electrons. The van der Waals surface area contributed by atoms with E-state index in [-0.39, 0.29) is 12.5 Å². The molecule has 0 spiro atoms. The highest BCUT2D eigenvalue weighted by molar-refractivity contribution is 5.77. The van der Waals surface area contributed by atoms with E-state index in [4.69, 9.17) is 9.47 Å². The van der Waals surface area contributed by atoms with Crippen molar-refractivity contribution in [2.75, 3.05) is 34.4 Å². The zero-order valence-corrected chi connectivity index (χ0v) is 12.0. The van der Waals surface area contributed by atoms with Crippen LogP contribution in [0, 0.1) is 0 Å². The van der Waals surface area contributed by atoms with E-state index in [2.05, 4.69) is 12.2 Å². The van der Waals surface area contributed by atoms with Crippen LogP contribution in [-0.2, 0) is 11.3 Å². The molecule has 19 heavy (non-hydrogen) atoms. The molecule has 0 radical (unpaired) electrons. The highest BCUT2D eigenvalue weighted by Crippen LogP contribution is 2.28. The number of rotatable bonds is 7. The van der Waals surface area contributed by atoms with Gasteiger partial charge in [-0.25, -0.2) is 0 Å². The molecular formula is C14H22N2O3. The van der Waals surface area contributed by atoms with Gasteiger partial charge in [0.1, 0.15) is 0 Å². The van der Waals surface area contributed by atoms with E-state index in [1.54, 1.807) is 21.2 Å². The average Bonchev–Trinajstić information content (AvgIpc) is 2.42. The molecule has 5 heteroatoms. The number of benzene rings is 1. The fourth-order valence-corrected chi connectivity index (χ4v) is 1.48. The second kappa shape index (κ2) is 7.63. The highest BCUT2D eigenvalue weighted by Gasteiger charge is 2.09. The van der Waals surface area contributed by atoms with Crippen LogP contribution in [0.15, 0.2) is 18.2 Å². The van der Waals surface area contributed by atoms with Crippen molar-refractivity contribution >= 4 is 5.91 Å². The Balaban J connectivity index is 2.75. The number of amides is 1. The molecule has 0 atom stereocenters.